The summed E-state index contributed by atoms with van der Waals surface area (Å²) in [6.45, 7) is 7.82. The Hall–Kier alpha value is -1.13. The second-order valence-corrected chi connectivity index (χ2v) is 5.44. The van der Waals surface area contributed by atoms with Crippen LogP contribution in [0.3, 0.4) is 0 Å². The van der Waals surface area contributed by atoms with E-state index >= 15 is 0 Å². The lowest BCUT2D eigenvalue weighted by Crippen LogP contribution is -2.28. The Labute approximate surface area is 99.3 Å². The highest BCUT2D eigenvalue weighted by Gasteiger charge is 2.20. The summed E-state index contributed by atoms with van der Waals surface area (Å²) in [4.78, 5) is 4.56. The van der Waals surface area contributed by atoms with E-state index in [0.717, 1.165) is 27.8 Å². The van der Waals surface area contributed by atoms with Crippen LogP contribution in [-0.2, 0) is 5.54 Å². The van der Waals surface area contributed by atoms with Gasteiger partial charge in [-0.25, -0.2) is 4.98 Å². The Bertz CT molecular complexity index is 505. The monoisotopic (exact) mass is 236 g/mol. The molecule has 2 rings (SSSR count). The van der Waals surface area contributed by atoms with Crippen molar-refractivity contribution in [3.63, 3.8) is 0 Å². The van der Waals surface area contributed by atoms with Gasteiger partial charge in [0, 0.05) is 10.9 Å². The van der Waals surface area contributed by atoms with E-state index in [0.29, 0.717) is 0 Å². The number of hydrogen-bond acceptors (Lipinski definition) is 4. The average Bonchev–Trinajstić information content (AvgIpc) is 2.70. The molecule has 0 saturated heterocycles. The Morgan fingerprint density at radius 3 is 2.50 bits per heavy atom. The minimum Gasteiger partial charge on any atom is -0.466 e. The van der Waals surface area contributed by atoms with Gasteiger partial charge in [-0.2, -0.15) is 0 Å². The van der Waals surface area contributed by atoms with Crippen molar-refractivity contribution in [2.24, 2.45) is 5.73 Å². The average molecular weight is 236 g/mol. The number of nitrogens with two attached hydrogens (primary N) is 1. The van der Waals surface area contributed by atoms with Gasteiger partial charge in [-0.15, -0.1) is 11.3 Å². The van der Waals surface area contributed by atoms with Gasteiger partial charge in [0.05, 0.1) is 11.2 Å². The van der Waals surface area contributed by atoms with Crippen molar-refractivity contribution in [3.05, 3.63) is 28.0 Å². The zero-order valence-electron chi connectivity index (χ0n) is 10.00. The topological polar surface area (TPSA) is 52.0 Å². The molecule has 0 aromatic carbocycles. The Morgan fingerprint density at radius 2 is 2.06 bits per heavy atom. The maximum Gasteiger partial charge on any atom is 0.113 e. The molecule has 0 saturated carbocycles. The first-order valence-electron chi connectivity index (χ1n) is 5.20. The summed E-state index contributed by atoms with van der Waals surface area (Å²) in [6.07, 6.45) is 0. The molecule has 0 unspecified atom stereocenters. The molecule has 3 nitrogen and oxygen atoms in total. The van der Waals surface area contributed by atoms with Crippen molar-refractivity contribution >= 4 is 11.3 Å². The highest BCUT2D eigenvalue weighted by molar-refractivity contribution is 7.10. The van der Waals surface area contributed by atoms with E-state index in [2.05, 4.69) is 4.98 Å². The molecule has 2 N–H and O–H groups in total. The second-order valence-electron chi connectivity index (χ2n) is 4.59. The largest absolute Gasteiger partial charge is 0.466 e. The molecule has 0 aliphatic carbocycles. The molecule has 0 fully saturated rings. The van der Waals surface area contributed by atoms with Crippen LogP contribution < -0.4 is 5.73 Å². The fourth-order valence-corrected chi connectivity index (χ4v) is 2.44. The quantitative estimate of drug-likeness (QED) is 0.871. The lowest BCUT2D eigenvalue weighted by molar-refractivity contribution is 0.505. The first-order chi connectivity index (χ1) is 7.38. The van der Waals surface area contributed by atoms with E-state index in [9.17, 15) is 0 Å². The SMILES string of the molecule is Cc1cc(-c2csc(C(C)(C)N)n2)c(C)o1. The summed E-state index contributed by atoms with van der Waals surface area (Å²) in [5.41, 5.74) is 7.65. The summed E-state index contributed by atoms with van der Waals surface area (Å²) >= 11 is 1.59. The number of aryl methyl sites for hydroxylation is 2. The zero-order valence-corrected chi connectivity index (χ0v) is 10.8. The van der Waals surface area contributed by atoms with E-state index in [1.165, 1.54) is 0 Å². The fourth-order valence-electron chi connectivity index (χ4n) is 1.58. The van der Waals surface area contributed by atoms with Crippen LogP contribution in [0.5, 0.6) is 0 Å². The summed E-state index contributed by atoms with van der Waals surface area (Å²) in [5, 5.41) is 2.97. The third kappa shape index (κ3) is 2.03. The molecule has 0 aliphatic heterocycles. The summed E-state index contributed by atoms with van der Waals surface area (Å²) < 4.78 is 5.50. The third-order valence-electron chi connectivity index (χ3n) is 2.37. The Kier molecular flexibility index (Phi) is 2.64. The van der Waals surface area contributed by atoms with Crippen LogP contribution in [0.15, 0.2) is 15.9 Å². The normalized spacial score (nSPS) is 12.1. The smallest absolute Gasteiger partial charge is 0.113 e. The van der Waals surface area contributed by atoms with Gasteiger partial charge in [0.25, 0.3) is 0 Å². The highest BCUT2D eigenvalue weighted by Crippen LogP contribution is 2.30. The third-order valence-corrected chi connectivity index (χ3v) is 3.55. The highest BCUT2D eigenvalue weighted by atomic mass is 32.1. The number of aromatic nitrogens is 1. The van der Waals surface area contributed by atoms with E-state index in [-0.39, 0.29) is 5.54 Å². The van der Waals surface area contributed by atoms with E-state index in [4.69, 9.17) is 10.2 Å². The van der Waals surface area contributed by atoms with Crippen LogP contribution in [0.1, 0.15) is 30.4 Å². The number of thiazole rings is 1. The summed E-state index contributed by atoms with van der Waals surface area (Å²) in [7, 11) is 0. The molecule has 2 aromatic heterocycles. The zero-order chi connectivity index (χ0) is 11.9. The first kappa shape index (κ1) is 11.4. The van der Waals surface area contributed by atoms with Gasteiger partial charge in [0.2, 0.25) is 0 Å². The predicted molar refractivity (Wildman–Crippen MR) is 66.5 cm³/mol. The molecule has 86 valence electrons. The Morgan fingerprint density at radius 1 is 1.38 bits per heavy atom. The van der Waals surface area contributed by atoms with Crippen molar-refractivity contribution < 1.29 is 4.42 Å². The maximum absolute atomic E-state index is 6.02. The van der Waals surface area contributed by atoms with Gasteiger partial charge in [0.1, 0.15) is 16.5 Å². The molecular formula is C12H16N2OS. The minimum atomic E-state index is -0.379. The predicted octanol–water partition coefficient (Wildman–Crippen LogP) is 3.21. The lowest BCUT2D eigenvalue weighted by atomic mass is 10.1. The number of furan rings is 1. The molecule has 2 heterocycles. The first-order valence-corrected chi connectivity index (χ1v) is 6.08. The van der Waals surface area contributed by atoms with Gasteiger partial charge >= 0.3 is 0 Å². The molecule has 0 aliphatic rings. The van der Waals surface area contributed by atoms with Crippen LogP contribution in [-0.4, -0.2) is 4.98 Å². The van der Waals surface area contributed by atoms with Crippen LogP contribution in [0.25, 0.3) is 11.3 Å². The molecule has 2 aromatic rings. The van der Waals surface area contributed by atoms with Gasteiger partial charge < -0.3 is 10.2 Å². The Balaban J connectivity index is 2.43. The van der Waals surface area contributed by atoms with Crippen molar-refractivity contribution in [3.8, 4) is 11.3 Å². The summed E-state index contributed by atoms with van der Waals surface area (Å²) in [5.74, 6) is 1.82. The molecule has 0 radical (unpaired) electrons. The molecule has 4 heteroatoms. The van der Waals surface area contributed by atoms with Crippen LogP contribution >= 0.6 is 11.3 Å². The van der Waals surface area contributed by atoms with Gasteiger partial charge in [-0.1, -0.05) is 0 Å². The van der Waals surface area contributed by atoms with Crippen molar-refractivity contribution in [2.75, 3.05) is 0 Å². The van der Waals surface area contributed by atoms with Crippen LogP contribution in [0.4, 0.5) is 0 Å². The van der Waals surface area contributed by atoms with E-state index in [1.807, 2.05) is 39.1 Å². The molecule has 16 heavy (non-hydrogen) atoms. The minimum absolute atomic E-state index is 0.379. The molecule has 0 amide bonds. The van der Waals surface area contributed by atoms with E-state index < -0.39 is 0 Å². The van der Waals surface area contributed by atoms with Gasteiger partial charge in [0.15, 0.2) is 0 Å². The number of hydrogen-bond donors (Lipinski definition) is 1. The van der Waals surface area contributed by atoms with Gasteiger partial charge in [-0.05, 0) is 33.8 Å². The van der Waals surface area contributed by atoms with Gasteiger partial charge in [-0.3, -0.25) is 0 Å². The number of rotatable bonds is 2. The van der Waals surface area contributed by atoms with Crippen molar-refractivity contribution in [1.29, 1.82) is 0 Å². The van der Waals surface area contributed by atoms with E-state index in [1.54, 1.807) is 11.3 Å². The molecule has 0 atom stereocenters. The maximum atomic E-state index is 6.02. The molecule has 0 spiro atoms. The number of nitrogens with zero attached hydrogens (tertiary/aromatic N) is 1. The summed E-state index contributed by atoms with van der Waals surface area (Å²) in [6, 6.07) is 2.01. The van der Waals surface area contributed by atoms with Crippen molar-refractivity contribution in [1.82, 2.24) is 4.98 Å². The van der Waals surface area contributed by atoms with Crippen LogP contribution in [0, 0.1) is 13.8 Å². The standard InChI is InChI=1S/C12H16N2OS/c1-7-5-9(8(2)15-7)10-6-16-11(14-10)12(3,4)13/h5-6H,13H2,1-4H3. The second kappa shape index (κ2) is 3.71. The fraction of sp³-hybridized carbons (Fsp3) is 0.417. The molecular weight excluding hydrogens is 220 g/mol. The lowest BCUT2D eigenvalue weighted by Gasteiger charge is -2.13. The van der Waals surface area contributed by atoms with Crippen LogP contribution in [0.2, 0.25) is 0 Å². The molecule has 0 bridgehead atoms. The van der Waals surface area contributed by atoms with Crippen molar-refractivity contribution in [2.45, 2.75) is 33.2 Å².